The summed E-state index contributed by atoms with van der Waals surface area (Å²) in [6, 6.07) is 10.3. The molecule has 0 aliphatic heterocycles. The van der Waals surface area contributed by atoms with Gasteiger partial charge < -0.3 is 4.74 Å². The Balaban J connectivity index is 1.63. The quantitative estimate of drug-likeness (QED) is 0.548. The van der Waals surface area contributed by atoms with Crippen LogP contribution in [0, 0.1) is 11.3 Å². The molecule has 2 aromatic heterocycles. The lowest BCUT2D eigenvalue weighted by molar-refractivity contribution is -0.137. The molecule has 1 aromatic carbocycles. The molecule has 33 heavy (non-hydrogen) atoms. The lowest BCUT2D eigenvalue weighted by Crippen LogP contribution is -2.42. The average Bonchev–Trinajstić information content (AvgIpc) is 3.16. The summed E-state index contributed by atoms with van der Waals surface area (Å²) < 4.78 is 44.6. The van der Waals surface area contributed by atoms with Crippen LogP contribution >= 0.6 is 0 Å². The van der Waals surface area contributed by atoms with Crippen molar-refractivity contribution < 1.29 is 27.5 Å². The number of nitriles is 1. The number of carbonyl (C=O) groups is 2. The van der Waals surface area contributed by atoms with Crippen molar-refractivity contribution in [2.45, 2.75) is 19.2 Å². The highest BCUT2D eigenvalue weighted by Gasteiger charge is 2.30. The second-order valence-electron chi connectivity index (χ2n) is 6.74. The first-order valence-electron chi connectivity index (χ1n) is 9.42. The molecule has 0 saturated carbocycles. The monoisotopic (exact) mass is 458 g/mol. The zero-order chi connectivity index (χ0) is 24.0. The molecule has 3 aromatic rings. The van der Waals surface area contributed by atoms with Crippen molar-refractivity contribution in [2.24, 2.45) is 7.05 Å². The van der Waals surface area contributed by atoms with Gasteiger partial charge in [-0.15, -0.1) is 0 Å². The van der Waals surface area contributed by atoms with Gasteiger partial charge in [0, 0.05) is 24.9 Å². The molecular formula is C21H17F3N6O3. The van der Waals surface area contributed by atoms with E-state index in [9.17, 15) is 22.8 Å². The van der Waals surface area contributed by atoms with Crippen LogP contribution in [0.4, 0.5) is 13.2 Å². The number of amides is 2. The fourth-order valence-corrected chi connectivity index (χ4v) is 2.77. The topological polar surface area (TPSA) is 122 Å². The number of hydrazine groups is 1. The molecule has 0 radical (unpaired) electrons. The van der Waals surface area contributed by atoms with Crippen LogP contribution in [0.1, 0.15) is 37.5 Å². The van der Waals surface area contributed by atoms with Crippen LogP contribution in [0.3, 0.4) is 0 Å². The first kappa shape index (κ1) is 23.3. The molecule has 0 aliphatic rings. The molecule has 0 saturated heterocycles. The van der Waals surface area contributed by atoms with Gasteiger partial charge in [-0.1, -0.05) is 12.1 Å². The molecule has 2 N–H and O–H groups in total. The van der Waals surface area contributed by atoms with E-state index in [2.05, 4.69) is 20.9 Å². The van der Waals surface area contributed by atoms with Gasteiger partial charge in [0.2, 0.25) is 5.88 Å². The molecule has 2 heterocycles. The van der Waals surface area contributed by atoms with Crippen LogP contribution in [0.5, 0.6) is 5.88 Å². The summed E-state index contributed by atoms with van der Waals surface area (Å²) in [6.07, 6.45) is -2.47. The minimum Gasteiger partial charge on any atom is -0.471 e. The third-order valence-electron chi connectivity index (χ3n) is 4.49. The molecular weight excluding hydrogens is 441 g/mol. The van der Waals surface area contributed by atoms with Crippen molar-refractivity contribution in [3.8, 4) is 11.9 Å². The number of hydrogen-bond acceptors (Lipinski definition) is 6. The summed E-state index contributed by atoms with van der Waals surface area (Å²) in [5.41, 5.74) is 4.94. The standard InChI is InChI=1S/C21H17F3N6O3/c1-30-17(12-33-18-6-5-15(10-26-18)21(22,23)24)16(11-27-30)20(32)29-28-19(31)14-4-2-3-13(9-14)7-8-25/h2-6,9-11H,7,12H2,1H3,(H,28,31)(H,29,32). The van der Waals surface area contributed by atoms with Gasteiger partial charge in [-0.25, -0.2) is 4.98 Å². The van der Waals surface area contributed by atoms with Gasteiger partial charge in [0.05, 0.1) is 35.5 Å². The van der Waals surface area contributed by atoms with Crippen LogP contribution in [0.25, 0.3) is 0 Å². The van der Waals surface area contributed by atoms with E-state index >= 15 is 0 Å². The second-order valence-corrected chi connectivity index (χ2v) is 6.74. The number of pyridine rings is 1. The first-order chi connectivity index (χ1) is 15.7. The maximum atomic E-state index is 12.6. The number of rotatable bonds is 6. The lowest BCUT2D eigenvalue weighted by atomic mass is 10.1. The van der Waals surface area contributed by atoms with E-state index in [0.717, 1.165) is 12.1 Å². The van der Waals surface area contributed by atoms with E-state index in [1.54, 1.807) is 19.2 Å². The second kappa shape index (κ2) is 9.82. The highest BCUT2D eigenvalue weighted by Crippen LogP contribution is 2.29. The van der Waals surface area contributed by atoms with E-state index in [0.29, 0.717) is 17.5 Å². The number of alkyl halides is 3. The molecule has 0 fully saturated rings. The SMILES string of the molecule is Cn1ncc(C(=O)NNC(=O)c2cccc(CC#N)c2)c1COc1ccc(C(F)(F)F)cn1. The van der Waals surface area contributed by atoms with Gasteiger partial charge in [0.15, 0.2) is 0 Å². The van der Waals surface area contributed by atoms with E-state index in [1.807, 2.05) is 6.07 Å². The normalized spacial score (nSPS) is 10.9. The van der Waals surface area contributed by atoms with Crippen molar-refractivity contribution in [2.75, 3.05) is 0 Å². The van der Waals surface area contributed by atoms with Crippen LogP contribution in [0.15, 0.2) is 48.8 Å². The van der Waals surface area contributed by atoms with Gasteiger partial charge in [-0.2, -0.15) is 23.5 Å². The maximum absolute atomic E-state index is 12.6. The molecule has 9 nitrogen and oxygen atoms in total. The molecule has 0 atom stereocenters. The summed E-state index contributed by atoms with van der Waals surface area (Å²) >= 11 is 0. The summed E-state index contributed by atoms with van der Waals surface area (Å²) in [6.45, 7) is -0.207. The number of aromatic nitrogens is 3. The van der Waals surface area contributed by atoms with Gasteiger partial charge in [-0.3, -0.25) is 25.1 Å². The van der Waals surface area contributed by atoms with Crippen molar-refractivity contribution in [1.82, 2.24) is 25.6 Å². The smallest absolute Gasteiger partial charge is 0.417 e. The number of ether oxygens (including phenoxy) is 1. The predicted molar refractivity (Wildman–Crippen MR) is 107 cm³/mol. The van der Waals surface area contributed by atoms with Crippen molar-refractivity contribution >= 4 is 11.8 Å². The highest BCUT2D eigenvalue weighted by atomic mass is 19.4. The fourth-order valence-electron chi connectivity index (χ4n) is 2.77. The zero-order valence-corrected chi connectivity index (χ0v) is 17.2. The largest absolute Gasteiger partial charge is 0.471 e. The Labute approximate surface area is 185 Å². The molecule has 12 heteroatoms. The molecule has 170 valence electrons. The Bertz CT molecular complexity index is 1200. The third-order valence-corrected chi connectivity index (χ3v) is 4.49. The summed E-state index contributed by atoms with van der Waals surface area (Å²) in [5.74, 6) is -1.33. The fraction of sp³-hybridized carbons (Fsp3) is 0.190. The summed E-state index contributed by atoms with van der Waals surface area (Å²) in [5, 5.41) is 12.7. The maximum Gasteiger partial charge on any atom is 0.417 e. The highest BCUT2D eigenvalue weighted by molar-refractivity contribution is 5.99. The molecule has 2 amide bonds. The molecule has 0 spiro atoms. The molecule has 0 bridgehead atoms. The van der Waals surface area contributed by atoms with Gasteiger partial charge in [0.1, 0.15) is 6.61 Å². The van der Waals surface area contributed by atoms with Gasteiger partial charge in [-0.05, 0) is 23.8 Å². The number of halogens is 3. The average molecular weight is 458 g/mol. The van der Waals surface area contributed by atoms with E-state index in [-0.39, 0.29) is 30.0 Å². The van der Waals surface area contributed by atoms with Gasteiger partial charge in [0.25, 0.3) is 11.8 Å². The first-order valence-corrected chi connectivity index (χ1v) is 9.42. The Kier molecular flexibility index (Phi) is 6.92. The van der Waals surface area contributed by atoms with E-state index in [4.69, 9.17) is 10.00 Å². The molecule has 0 aliphatic carbocycles. The summed E-state index contributed by atoms with van der Waals surface area (Å²) in [7, 11) is 1.55. The van der Waals surface area contributed by atoms with Crippen molar-refractivity contribution in [3.05, 3.63) is 76.7 Å². The minimum absolute atomic E-state index is 0.0684. The van der Waals surface area contributed by atoms with Crippen LogP contribution in [-0.4, -0.2) is 26.6 Å². The minimum atomic E-state index is -4.51. The lowest BCUT2D eigenvalue weighted by Gasteiger charge is -2.11. The third kappa shape index (κ3) is 5.85. The number of nitrogens with one attached hydrogen (secondary N) is 2. The number of carbonyl (C=O) groups excluding carboxylic acids is 2. The molecule has 3 rings (SSSR count). The Morgan fingerprint density at radius 2 is 1.91 bits per heavy atom. The predicted octanol–water partition coefficient (Wildman–Crippen LogP) is 2.55. The van der Waals surface area contributed by atoms with Gasteiger partial charge >= 0.3 is 6.18 Å². The summed E-state index contributed by atoms with van der Waals surface area (Å²) in [4.78, 5) is 28.4. The Morgan fingerprint density at radius 3 is 2.58 bits per heavy atom. The van der Waals surface area contributed by atoms with E-state index in [1.165, 1.54) is 23.0 Å². The zero-order valence-electron chi connectivity index (χ0n) is 17.2. The number of benzene rings is 1. The number of hydrogen-bond donors (Lipinski definition) is 2. The number of aryl methyl sites for hydroxylation is 1. The van der Waals surface area contributed by atoms with Crippen LogP contribution < -0.4 is 15.6 Å². The van der Waals surface area contributed by atoms with Crippen molar-refractivity contribution in [3.63, 3.8) is 0 Å². The Morgan fingerprint density at radius 1 is 1.15 bits per heavy atom. The molecule has 0 unspecified atom stereocenters. The number of nitrogens with zero attached hydrogens (tertiary/aromatic N) is 4. The Hall–Kier alpha value is -4.40. The van der Waals surface area contributed by atoms with Crippen molar-refractivity contribution in [1.29, 1.82) is 5.26 Å². The van der Waals surface area contributed by atoms with Crippen LogP contribution in [-0.2, 0) is 26.3 Å². The van der Waals surface area contributed by atoms with Crippen LogP contribution in [0.2, 0.25) is 0 Å². The van der Waals surface area contributed by atoms with E-state index < -0.39 is 23.6 Å².